The van der Waals surface area contributed by atoms with E-state index in [2.05, 4.69) is 23.7 Å². The summed E-state index contributed by atoms with van der Waals surface area (Å²) in [5.74, 6) is -1.28. The Morgan fingerprint density at radius 2 is 1.71 bits per heavy atom. The molecular formula is C27H34N2O6. The molecule has 0 unspecified atom stereocenters. The van der Waals surface area contributed by atoms with Gasteiger partial charge in [-0.3, -0.25) is 9.59 Å². The number of anilines is 1. The average Bonchev–Trinajstić information content (AvgIpc) is 2.85. The van der Waals surface area contributed by atoms with Crippen LogP contribution in [0.3, 0.4) is 0 Å². The lowest BCUT2D eigenvalue weighted by molar-refractivity contribution is -0.275. The van der Waals surface area contributed by atoms with Crippen LogP contribution in [0.15, 0.2) is 61.2 Å². The fraction of sp³-hybridized carbons (Fsp3) is 0.407. The molecule has 2 aromatic carbocycles. The Balaban J connectivity index is 1.78. The highest BCUT2D eigenvalue weighted by Crippen LogP contribution is 2.41. The zero-order chi connectivity index (χ0) is 25.4. The second kappa shape index (κ2) is 12.6. The van der Waals surface area contributed by atoms with E-state index in [9.17, 15) is 14.7 Å². The number of ether oxygens (including phenoxy) is 2. The number of carboxylic acid groups (broad SMARTS) is 1. The fourth-order valence-electron chi connectivity index (χ4n) is 4.10. The summed E-state index contributed by atoms with van der Waals surface area (Å²) >= 11 is 0. The molecule has 2 aromatic rings. The first-order valence-electron chi connectivity index (χ1n) is 11.7. The predicted octanol–water partition coefficient (Wildman–Crippen LogP) is 3.89. The quantitative estimate of drug-likeness (QED) is 0.417. The van der Waals surface area contributed by atoms with E-state index >= 15 is 0 Å². The zero-order valence-electron chi connectivity index (χ0n) is 20.2. The maximum absolute atomic E-state index is 11.9. The highest BCUT2D eigenvalue weighted by atomic mass is 16.7. The number of amides is 1. The molecule has 0 bridgehead atoms. The maximum Gasteiger partial charge on any atom is 0.303 e. The third-order valence-corrected chi connectivity index (χ3v) is 6.09. The van der Waals surface area contributed by atoms with Crippen LogP contribution in [0.4, 0.5) is 5.69 Å². The zero-order valence-corrected chi connectivity index (χ0v) is 20.2. The van der Waals surface area contributed by atoms with Gasteiger partial charge in [-0.2, -0.15) is 0 Å². The average molecular weight is 483 g/mol. The number of aliphatic carboxylic acids is 1. The molecule has 1 amide bonds. The lowest BCUT2D eigenvalue weighted by atomic mass is 9.90. The first kappa shape index (κ1) is 26.6. The highest BCUT2D eigenvalue weighted by Gasteiger charge is 2.38. The number of nitrogens with zero attached hydrogens (tertiary/aromatic N) is 1. The third-order valence-electron chi connectivity index (χ3n) is 6.09. The van der Waals surface area contributed by atoms with Gasteiger partial charge < -0.3 is 29.9 Å². The van der Waals surface area contributed by atoms with Crippen LogP contribution in [0, 0.1) is 5.92 Å². The van der Waals surface area contributed by atoms with E-state index in [0.717, 1.165) is 23.2 Å². The molecule has 1 fully saturated rings. The second-order valence-electron chi connectivity index (χ2n) is 8.90. The van der Waals surface area contributed by atoms with Crippen molar-refractivity contribution in [2.24, 2.45) is 5.92 Å². The van der Waals surface area contributed by atoms with E-state index in [1.807, 2.05) is 49.5 Å². The van der Waals surface area contributed by atoms with Gasteiger partial charge in [0.25, 0.3) is 0 Å². The number of nitrogens with one attached hydrogen (secondary N) is 1. The van der Waals surface area contributed by atoms with E-state index in [1.165, 1.54) is 0 Å². The number of hydrogen-bond acceptors (Lipinski definition) is 6. The first-order chi connectivity index (χ1) is 16.8. The molecule has 0 radical (unpaired) electrons. The number of likely N-dealkylation sites (N-methyl/N-ethyl adjacent to an activating group) is 1. The molecule has 1 saturated heterocycles. The number of benzene rings is 2. The van der Waals surface area contributed by atoms with E-state index in [0.29, 0.717) is 12.2 Å². The van der Waals surface area contributed by atoms with Gasteiger partial charge in [-0.1, -0.05) is 49.4 Å². The Morgan fingerprint density at radius 3 is 2.31 bits per heavy atom. The van der Waals surface area contributed by atoms with Crippen molar-refractivity contribution in [1.82, 2.24) is 4.90 Å². The topological polar surface area (TPSA) is 108 Å². The molecule has 1 aliphatic heterocycles. The summed E-state index contributed by atoms with van der Waals surface area (Å²) in [7, 11) is 2.02. The van der Waals surface area contributed by atoms with Gasteiger partial charge in [-0.05, 0) is 30.3 Å². The Bertz CT molecular complexity index is 992. The number of carboxylic acids is 1. The number of aliphatic hydroxyl groups excluding tert-OH is 1. The summed E-state index contributed by atoms with van der Waals surface area (Å²) in [4.78, 5) is 24.7. The molecule has 0 aromatic heterocycles. The van der Waals surface area contributed by atoms with Gasteiger partial charge in [0.2, 0.25) is 5.91 Å². The Hall–Kier alpha value is -3.04. The van der Waals surface area contributed by atoms with Crippen molar-refractivity contribution in [3.05, 3.63) is 77.9 Å². The molecule has 0 spiro atoms. The smallest absolute Gasteiger partial charge is 0.303 e. The lowest BCUT2D eigenvalue weighted by Gasteiger charge is -2.42. The normalized spacial score (nSPS) is 22.1. The van der Waals surface area contributed by atoms with Crippen LogP contribution < -0.4 is 5.32 Å². The molecule has 4 atom stereocenters. The number of carbonyl (C=O) groups excluding carboxylic acids is 1. The van der Waals surface area contributed by atoms with Crippen molar-refractivity contribution in [3.63, 3.8) is 0 Å². The Morgan fingerprint density at radius 1 is 1.06 bits per heavy atom. The molecule has 8 heteroatoms. The first-order valence-corrected chi connectivity index (χ1v) is 11.7. The van der Waals surface area contributed by atoms with Crippen molar-refractivity contribution >= 4 is 17.6 Å². The number of aliphatic hydroxyl groups is 1. The molecule has 8 nitrogen and oxygen atoms in total. The Kier molecular flexibility index (Phi) is 9.56. The van der Waals surface area contributed by atoms with Gasteiger partial charge in [0.15, 0.2) is 6.29 Å². The van der Waals surface area contributed by atoms with E-state index < -0.39 is 12.3 Å². The van der Waals surface area contributed by atoms with Crippen molar-refractivity contribution in [2.45, 2.75) is 44.9 Å². The van der Waals surface area contributed by atoms with Gasteiger partial charge >= 0.3 is 5.97 Å². The maximum atomic E-state index is 11.9. The monoisotopic (exact) mass is 482 g/mol. The summed E-state index contributed by atoms with van der Waals surface area (Å²) in [5.41, 5.74) is 3.25. The third kappa shape index (κ3) is 7.47. The van der Waals surface area contributed by atoms with Gasteiger partial charge in [0.05, 0.1) is 25.2 Å². The van der Waals surface area contributed by atoms with Gasteiger partial charge in [-0.25, -0.2) is 0 Å². The van der Waals surface area contributed by atoms with E-state index in [-0.39, 0.29) is 43.5 Å². The van der Waals surface area contributed by atoms with Gasteiger partial charge in [-0.15, -0.1) is 6.58 Å². The van der Waals surface area contributed by atoms with Gasteiger partial charge in [0, 0.05) is 36.7 Å². The van der Waals surface area contributed by atoms with E-state index in [1.54, 1.807) is 12.1 Å². The van der Waals surface area contributed by atoms with Crippen LogP contribution in [-0.4, -0.2) is 53.2 Å². The molecule has 1 aliphatic rings. The summed E-state index contributed by atoms with van der Waals surface area (Å²) in [6, 6.07) is 14.9. The minimum Gasteiger partial charge on any atom is -0.481 e. The molecule has 0 aliphatic carbocycles. The van der Waals surface area contributed by atoms with Crippen LogP contribution in [0.2, 0.25) is 0 Å². The molecular weight excluding hydrogens is 448 g/mol. The van der Waals surface area contributed by atoms with Crippen molar-refractivity contribution < 1.29 is 29.3 Å². The van der Waals surface area contributed by atoms with Crippen LogP contribution in [0.5, 0.6) is 0 Å². The molecule has 35 heavy (non-hydrogen) atoms. The van der Waals surface area contributed by atoms with Crippen molar-refractivity contribution in [1.29, 1.82) is 0 Å². The molecule has 188 valence electrons. The molecule has 0 saturated carbocycles. The summed E-state index contributed by atoms with van der Waals surface area (Å²) in [6.07, 6.45) is 0.647. The largest absolute Gasteiger partial charge is 0.481 e. The minimum atomic E-state index is -1.01. The van der Waals surface area contributed by atoms with E-state index in [4.69, 9.17) is 14.6 Å². The lowest BCUT2D eigenvalue weighted by Crippen LogP contribution is -2.43. The molecule has 3 N–H and O–H groups in total. The SMILES string of the molecule is C=CCN(C)C[C@@H]1O[C@H](c2ccc(NC(=O)CCC(=O)O)cc2)O[C@H](c2ccc(CO)cc2)[C@@H]1C. The molecule has 3 rings (SSSR count). The Labute approximate surface area is 206 Å². The fourth-order valence-corrected chi connectivity index (χ4v) is 4.10. The van der Waals surface area contributed by atoms with Crippen LogP contribution >= 0.6 is 0 Å². The van der Waals surface area contributed by atoms with Crippen molar-refractivity contribution in [3.8, 4) is 0 Å². The molecule has 1 heterocycles. The number of hydrogen-bond donors (Lipinski definition) is 3. The van der Waals surface area contributed by atoms with Crippen LogP contribution in [0.25, 0.3) is 0 Å². The van der Waals surface area contributed by atoms with Crippen LogP contribution in [-0.2, 0) is 25.7 Å². The highest BCUT2D eigenvalue weighted by molar-refractivity contribution is 5.92. The standard InChI is InChI=1S/C27H34N2O6/c1-4-15-29(3)16-23-18(2)26(20-7-5-19(17-30)6-8-20)35-27(34-23)21-9-11-22(12-10-21)28-24(31)13-14-25(32)33/h4-12,18,23,26-27,30H,1,13-17H2,2-3H3,(H,28,31)(H,32,33)/t18-,23+,26+,27+/m1/s1. The summed E-state index contributed by atoms with van der Waals surface area (Å²) in [6.45, 7) is 7.36. The van der Waals surface area contributed by atoms with Crippen molar-refractivity contribution in [2.75, 3.05) is 25.5 Å². The number of carbonyl (C=O) groups is 2. The number of rotatable bonds is 11. The minimum absolute atomic E-state index is 0.0126. The summed E-state index contributed by atoms with van der Waals surface area (Å²) < 4.78 is 12.8. The van der Waals surface area contributed by atoms with Gasteiger partial charge in [0.1, 0.15) is 0 Å². The summed E-state index contributed by atoms with van der Waals surface area (Å²) in [5, 5.41) is 20.8. The second-order valence-corrected chi connectivity index (χ2v) is 8.90. The predicted molar refractivity (Wildman–Crippen MR) is 133 cm³/mol. The van der Waals surface area contributed by atoms with Crippen LogP contribution in [0.1, 0.15) is 48.8 Å².